The summed E-state index contributed by atoms with van der Waals surface area (Å²) in [7, 11) is 0. The Hall–Kier alpha value is -1.13. The van der Waals surface area contributed by atoms with Gasteiger partial charge in [-0.25, -0.2) is 4.79 Å². The number of aryl methyl sites for hydroxylation is 1. The first-order valence-corrected chi connectivity index (χ1v) is 6.83. The van der Waals surface area contributed by atoms with Crippen LogP contribution in [0.25, 0.3) is 0 Å². The van der Waals surface area contributed by atoms with Crippen LogP contribution in [0.5, 0.6) is 0 Å². The Bertz CT molecular complexity index is 457. The van der Waals surface area contributed by atoms with Crippen molar-refractivity contribution in [1.82, 2.24) is 0 Å². The Morgan fingerprint density at radius 3 is 2.88 bits per heavy atom. The number of ether oxygens (including phenoxy) is 1. The summed E-state index contributed by atoms with van der Waals surface area (Å²) < 4.78 is 5.26. The van der Waals surface area contributed by atoms with Crippen molar-refractivity contribution in [3.05, 3.63) is 44.3 Å². The topological polar surface area (TPSA) is 26.3 Å². The Morgan fingerprint density at radius 2 is 2.19 bits per heavy atom. The third-order valence-electron chi connectivity index (χ3n) is 2.24. The fourth-order valence-corrected chi connectivity index (χ4v) is 2.89. The van der Waals surface area contributed by atoms with E-state index in [2.05, 4.69) is 0 Å². The number of thiophene rings is 2. The van der Waals surface area contributed by atoms with E-state index in [9.17, 15) is 4.79 Å². The normalized spacial score (nSPS) is 10.3. The zero-order valence-electron chi connectivity index (χ0n) is 8.93. The highest BCUT2D eigenvalue weighted by molar-refractivity contribution is 7.12. The third kappa shape index (κ3) is 2.51. The van der Waals surface area contributed by atoms with Gasteiger partial charge in [0.1, 0.15) is 11.5 Å². The van der Waals surface area contributed by atoms with E-state index in [1.165, 1.54) is 11.3 Å². The molecule has 0 aliphatic heterocycles. The predicted molar refractivity (Wildman–Crippen MR) is 67.1 cm³/mol. The van der Waals surface area contributed by atoms with Crippen LogP contribution in [-0.4, -0.2) is 5.97 Å². The highest BCUT2D eigenvalue weighted by Gasteiger charge is 2.13. The molecule has 0 atom stereocenters. The summed E-state index contributed by atoms with van der Waals surface area (Å²) in [4.78, 5) is 13.6. The molecule has 0 N–H and O–H groups in total. The first-order chi connectivity index (χ1) is 7.81. The first-order valence-electron chi connectivity index (χ1n) is 5.07. The van der Waals surface area contributed by atoms with Crippen LogP contribution in [0.1, 0.15) is 27.0 Å². The van der Waals surface area contributed by atoms with E-state index < -0.39 is 0 Å². The quantitative estimate of drug-likeness (QED) is 0.775. The molecule has 0 spiro atoms. The number of hydrogen-bond donors (Lipinski definition) is 0. The van der Waals surface area contributed by atoms with E-state index >= 15 is 0 Å². The van der Waals surface area contributed by atoms with Crippen LogP contribution >= 0.6 is 22.7 Å². The fourth-order valence-electron chi connectivity index (χ4n) is 1.39. The molecule has 4 heteroatoms. The van der Waals surface area contributed by atoms with Gasteiger partial charge in [0.05, 0.1) is 0 Å². The van der Waals surface area contributed by atoms with Crippen molar-refractivity contribution >= 4 is 28.6 Å². The smallest absolute Gasteiger partial charge is 0.348 e. The van der Waals surface area contributed by atoms with Crippen molar-refractivity contribution in [3.8, 4) is 0 Å². The van der Waals surface area contributed by atoms with Crippen molar-refractivity contribution in [2.24, 2.45) is 0 Å². The van der Waals surface area contributed by atoms with Gasteiger partial charge in [0.25, 0.3) is 0 Å². The van der Waals surface area contributed by atoms with Crippen LogP contribution in [-0.2, 0) is 17.8 Å². The molecule has 2 nitrogen and oxygen atoms in total. The van der Waals surface area contributed by atoms with Crippen molar-refractivity contribution < 1.29 is 9.53 Å². The van der Waals surface area contributed by atoms with Gasteiger partial charge in [0.15, 0.2) is 0 Å². The minimum absolute atomic E-state index is 0.208. The molecule has 2 rings (SSSR count). The van der Waals surface area contributed by atoms with Gasteiger partial charge in [0.2, 0.25) is 0 Å². The lowest BCUT2D eigenvalue weighted by atomic mass is 10.2. The van der Waals surface area contributed by atoms with Crippen LogP contribution < -0.4 is 0 Å². The lowest BCUT2D eigenvalue weighted by molar-refractivity contribution is 0.0481. The van der Waals surface area contributed by atoms with Crippen molar-refractivity contribution in [2.75, 3.05) is 0 Å². The van der Waals surface area contributed by atoms with Gasteiger partial charge >= 0.3 is 5.97 Å². The lowest BCUT2D eigenvalue weighted by Crippen LogP contribution is -2.04. The second-order valence-electron chi connectivity index (χ2n) is 3.28. The molecule has 16 heavy (non-hydrogen) atoms. The second-order valence-corrected chi connectivity index (χ2v) is 5.23. The highest BCUT2D eigenvalue weighted by atomic mass is 32.1. The maximum Gasteiger partial charge on any atom is 0.348 e. The van der Waals surface area contributed by atoms with Crippen molar-refractivity contribution in [2.45, 2.75) is 20.0 Å². The van der Waals surface area contributed by atoms with Gasteiger partial charge in [-0.2, -0.15) is 0 Å². The SMILES string of the molecule is CCc1ccsc1C(=O)OCc1cccs1. The molecule has 2 aromatic rings. The molecule has 0 radical (unpaired) electrons. The van der Waals surface area contributed by atoms with Crippen molar-refractivity contribution in [1.29, 1.82) is 0 Å². The first kappa shape index (κ1) is 11.4. The van der Waals surface area contributed by atoms with E-state index in [1.807, 2.05) is 35.9 Å². The highest BCUT2D eigenvalue weighted by Crippen LogP contribution is 2.19. The summed E-state index contributed by atoms with van der Waals surface area (Å²) in [5.74, 6) is -0.208. The van der Waals surface area contributed by atoms with Gasteiger partial charge in [0, 0.05) is 4.88 Å². The summed E-state index contributed by atoms with van der Waals surface area (Å²) in [6.45, 7) is 2.41. The third-order valence-corrected chi connectivity index (χ3v) is 4.03. The summed E-state index contributed by atoms with van der Waals surface area (Å²) >= 11 is 3.05. The average molecular weight is 252 g/mol. The second kappa shape index (κ2) is 5.27. The number of rotatable bonds is 4. The Morgan fingerprint density at radius 1 is 1.31 bits per heavy atom. The average Bonchev–Trinajstić information content (AvgIpc) is 2.96. The standard InChI is InChI=1S/C12H12O2S2/c1-2-9-5-7-16-11(9)12(13)14-8-10-4-3-6-15-10/h3-7H,2,8H2,1H3. The van der Waals surface area contributed by atoms with Gasteiger partial charge in [-0.05, 0) is 34.9 Å². The number of carbonyl (C=O) groups excluding carboxylic acids is 1. The monoisotopic (exact) mass is 252 g/mol. The summed E-state index contributed by atoms with van der Waals surface area (Å²) in [6.07, 6.45) is 0.868. The largest absolute Gasteiger partial charge is 0.456 e. The Kier molecular flexibility index (Phi) is 3.74. The minimum atomic E-state index is -0.208. The van der Waals surface area contributed by atoms with Crippen LogP contribution in [0.3, 0.4) is 0 Å². The summed E-state index contributed by atoms with van der Waals surface area (Å²) in [5, 5.41) is 3.91. The minimum Gasteiger partial charge on any atom is -0.456 e. The summed E-state index contributed by atoms with van der Waals surface area (Å²) in [5.41, 5.74) is 1.07. The van der Waals surface area contributed by atoms with Crippen LogP contribution in [0, 0.1) is 0 Å². The van der Waals surface area contributed by atoms with Gasteiger partial charge in [-0.15, -0.1) is 22.7 Å². The lowest BCUT2D eigenvalue weighted by Gasteiger charge is -2.02. The molecule has 84 valence electrons. The zero-order chi connectivity index (χ0) is 11.4. The maximum atomic E-state index is 11.8. The van der Waals surface area contributed by atoms with Gasteiger partial charge < -0.3 is 4.74 Å². The molecular weight excluding hydrogens is 240 g/mol. The van der Waals surface area contributed by atoms with Gasteiger partial charge in [-0.1, -0.05) is 13.0 Å². The van der Waals surface area contributed by atoms with E-state index in [0.717, 1.165) is 21.7 Å². The molecule has 0 saturated carbocycles. The van der Waals surface area contributed by atoms with Crippen molar-refractivity contribution in [3.63, 3.8) is 0 Å². The van der Waals surface area contributed by atoms with E-state index in [4.69, 9.17) is 4.74 Å². The van der Waals surface area contributed by atoms with Crippen LogP contribution in [0.2, 0.25) is 0 Å². The number of carbonyl (C=O) groups is 1. The molecule has 0 fully saturated rings. The molecule has 0 aromatic carbocycles. The molecule has 0 aliphatic carbocycles. The molecule has 2 heterocycles. The Labute approximate surface area is 103 Å². The maximum absolute atomic E-state index is 11.8. The summed E-state index contributed by atoms with van der Waals surface area (Å²) in [6, 6.07) is 5.90. The van der Waals surface area contributed by atoms with Crippen LogP contribution in [0.4, 0.5) is 0 Å². The molecule has 0 amide bonds. The number of esters is 1. The van der Waals surface area contributed by atoms with Crippen LogP contribution in [0.15, 0.2) is 29.0 Å². The van der Waals surface area contributed by atoms with Gasteiger partial charge in [-0.3, -0.25) is 0 Å². The molecular formula is C12H12O2S2. The van der Waals surface area contributed by atoms with E-state index in [1.54, 1.807) is 11.3 Å². The molecule has 0 saturated heterocycles. The predicted octanol–water partition coefficient (Wildman–Crippen LogP) is 3.73. The Balaban J connectivity index is 1.98. The van der Waals surface area contributed by atoms with E-state index in [-0.39, 0.29) is 5.97 Å². The fraction of sp³-hybridized carbons (Fsp3) is 0.250. The molecule has 2 aromatic heterocycles. The number of hydrogen-bond acceptors (Lipinski definition) is 4. The van der Waals surface area contributed by atoms with E-state index in [0.29, 0.717) is 6.61 Å². The molecule has 0 unspecified atom stereocenters. The molecule has 0 aliphatic rings. The zero-order valence-corrected chi connectivity index (χ0v) is 10.6. The molecule has 0 bridgehead atoms.